The van der Waals surface area contributed by atoms with Gasteiger partial charge in [0.15, 0.2) is 0 Å². The second kappa shape index (κ2) is 5.16. The van der Waals surface area contributed by atoms with E-state index < -0.39 is 5.82 Å². The summed E-state index contributed by atoms with van der Waals surface area (Å²) < 4.78 is 15.9. The van der Waals surface area contributed by atoms with Crippen LogP contribution in [0.25, 0.3) is 21.7 Å². The Balaban J connectivity index is 2.33. The molecule has 1 aromatic carbocycles. The van der Waals surface area contributed by atoms with Crippen molar-refractivity contribution in [3.8, 4) is 21.7 Å². The Bertz CT molecular complexity index is 822. The number of anilines is 1. The molecule has 3 rings (SSSR count). The molecule has 0 fully saturated rings. The predicted octanol–water partition coefficient (Wildman–Crippen LogP) is 4.50. The first-order valence-corrected chi connectivity index (χ1v) is 7.57. The van der Waals surface area contributed by atoms with Crippen molar-refractivity contribution < 1.29 is 4.39 Å². The first-order chi connectivity index (χ1) is 10.0. The zero-order chi connectivity index (χ0) is 15.1. The van der Waals surface area contributed by atoms with Crippen LogP contribution in [0.4, 0.5) is 10.2 Å². The zero-order valence-electron chi connectivity index (χ0n) is 11.5. The summed E-state index contributed by atoms with van der Waals surface area (Å²) in [4.78, 5) is 0.983. The maximum atomic E-state index is 14.4. The second-order valence-corrected chi connectivity index (χ2v) is 6.09. The molecule has 0 saturated heterocycles. The molecule has 108 valence electrons. The van der Waals surface area contributed by atoms with Crippen LogP contribution in [0.2, 0.25) is 5.02 Å². The van der Waals surface area contributed by atoms with E-state index >= 15 is 0 Å². The van der Waals surface area contributed by atoms with Gasteiger partial charge in [-0.05, 0) is 30.0 Å². The van der Waals surface area contributed by atoms with Crippen LogP contribution in [0, 0.1) is 12.7 Å². The largest absolute Gasteiger partial charge is 0.383 e. The molecule has 0 spiro atoms. The third-order valence-corrected chi connectivity index (χ3v) is 4.70. The smallest absolute Gasteiger partial charge is 0.149 e. The van der Waals surface area contributed by atoms with Gasteiger partial charge in [0.25, 0.3) is 0 Å². The van der Waals surface area contributed by atoms with Gasteiger partial charge in [0.1, 0.15) is 17.3 Å². The number of nitrogens with zero attached hydrogens (tertiary/aromatic N) is 2. The standard InChI is InChI=1S/C15H13ClFN3S/c1-8-6-7-21-14(8)13-11(15(18)20(2)19-13)9-4-3-5-10(16)12(9)17/h3-7H,18H2,1-2H3. The molecule has 2 N–H and O–H groups in total. The fraction of sp³-hybridized carbons (Fsp3) is 0.133. The summed E-state index contributed by atoms with van der Waals surface area (Å²) in [6.07, 6.45) is 0. The Morgan fingerprint density at radius 1 is 1.33 bits per heavy atom. The number of aryl methyl sites for hydroxylation is 2. The molecule has 0 amide bonds. The van der Waals surface area contributed by atoms with E-state index in [1.165, 1.54) is 6.07 Å². The fourth-order valence-corrected chi connectivity index (χ4v) is 3.36. The molecule has 21 heavy (non-hydrogen) atoms. The van der Waals surface area contributed by atoms with E-state index in [4.69, 9.17) is 17.3 Å². The van der Waals surface area contributed by atoms with E-state index in [0.717, 1.165) is 10.4 Å². The van der Waals surface area contributed by atoms with Gasteiger partial charge in [0.05, 0.1) is 15.5 Å². The number of nitrogens with two attached hydrogens (primary N) is 1. The molecule has 2 heterocycles. The molecule has 0 aliphatic heterocycles. The Morgan fingerprint density at radius 3 is 2.76 bits per heavy atom. The number of rotatable bonds is 2. The monoisotopic (exact) mass is 321 g/mol. The molecule has 0 aliphatic rings. The molecular formula is C15H13ClFN3S. The second-order valence-electron chi connectivity index (χ2n) is 4.77. The highest BCUT2D eigenvalue weighted by Gasteiger charge is 2.22. The first kappa shape index (κ1) is 14.1. The van der Waals surface area contributed by atoms with Gasteiger partial charge in [0.2, 0.25) is 0 Å². The molecule has 0 saturated carbocycles. The molecule has 3 nitrogen and oxygen atoms in total. The number of thiophene rings is 1. The van der Waals surface area contributed by atoms with Crippen molar-refractivity contribution >= 4 is 28.8 Å². The van der Waals surface area contributed by atoms with Crippen molar-refractivity contribution in [2.75, 3.05) is 5.73 Å². The molecule has 3 aromatic rings. The van der Waals surface area contributed by atoms with Gasteiger partial charge in [-0.2, -0.15) is 5.10 Å². The van der Waals surface area contributed by atoms with Crippen LogP contribution in [0.5, 0.6) is 0 Å². The molecule has 0 radical (unpaired) electrons. The van der Waals surface area contributed by atoms with Crippen molar-refractivity contribution in [3.05, 3.63) is 46.0 Å². The average Bonchev–Trinajstić information content (AvgIpc) is 2.99. The molecule has 2 aromatic heterocycles. The molecular weight excluding hydrogens is 309 g/mol. The maximum Gasteiger partial charge on any atom is 0.149 e. The average molecular weight is 322 g/mol. The van der Waals surface area contributed by atoms with Crippen molar-refractivity contribution in [2.24, 2.45) is 7.05 Å². The van der Waals surface area contributed by atoms with Crippen LogP contribution < -0.4 is 5.73 Å². The van der Waals surface area contributed by atoms with Gasteiger partial charge >= 0.3 is 0 Å². The number of aromatic nitrogens is 2. The quantitative estimate of drug-likeness (QED) is 0.755. The zero-order valence-corrected chi connectivity index (χ0v) is 13.1. The van der Waals surface area contributed by atoms with Crippen molar-refractivity contribution in [2.45, 2.75) is 6.92 Å². The van der Waals surface area contributed by atoms with Crippen LogP contribution in [0.15, 0.2) is 29.6 Å². The van der Waals surface area contributed by atoms with Crippen LogP contribution in [0.3, 0.4) is 0 Å². The lowest BCUT2D eigenvalue weighted by Crippen LogP contribution is -1.98. The lowest BCUT2D eigenvalue weighted by atomic mass is 10.0. The summed E-state index contributed by atoms with van der Waals surface area (Å²) in [6, 6.07) is 6.89. The van der Waals surface area contributed by atoms with E-state index in [2.05, 4.69) is 5.10 Å². The molecule has 0 bridgehead atoms. The van der Waals surface area contributed by atoms with E-state index in [1.807, 2.05) is 18.4 Å². The summed E-state index contributed by atoms with van der Waals surface area (Å²) in [6.45, 7) is 1.99. The van der Waals surface area contributed by atoms with Gasteiger partial charge in [-0.3, -0.25) is 4.68 Å². The van der Waals surface area contributed by atoms with E-state index in [0.29, 0.717) is 22.6 Å². The summed E-state index contributed by atoms with van der Waals surface area (Å²) in [5.41, 5.74) is 8.83. The SMILES string of the molecule is Cc1ccsc1-c1nn(C)c(N)c1-c1cccc(Cl)c1F. The Hall–Kier alpha value is -1.85. The summed E-state index contributed by atoms with van der Waals surface area (Å²) >= 11 is 7.45. The number of benzene rings is 1. The first-order valence-electron chi connectivity index (χ1n) is 6.32. The lowest BCUT2D eigenvalue weighted by molar-refractivity contribution is 0.632. The van der Waals surface area contributed by atoms with Gasteiger partial charge < -0.3 is 5.73 Å². The minimum absolute atomic E-state index is 0.0737. The molecule has 0 atom stereocenters. The normalized spacial score (nSPS) is 11.0. The third-order valence-electron chi connectivity index (χ3n) is 3.39. The van der Waals surface area contributed by atoms with Crippen LogP contribution >= 0.6 is 22.9 Å². The number of hydrogen-bond donors (Lipinski definition) is 1. The molecule has 0 aliphatic carbocycles. The number of hydrogen-bond acceptors (Lipinski definition) is 3. The summed E-state index contributed by atoms with van der Waals surface area (Å²) in [5.74, 6) is -0.0618. The lowest BCUT2D eigenvalue weighted by Gasteiger charge is -2.06. The van der Waals surface area contributed by atoms with Crippen LogP contribution in [-0.4, -0.2) is 9.78 Å². The highest BCUT2D eigenvalue weighted by Crippen LogP contribution is 2.41. The van der Waals surface area contributed by atoms with Gasteiger partial charge in [0, 0.05) is 12.6 Å². The third kappa shape index (κ3) is 2.22. The Labute approximate surface area is 130 Å². The highest BCUT2D eigenvalue weighted by molar-refractivity contribution is 7.13. The van der Waals surface area contributed by atoms with Crippen molar-refractivity contribution in [3.63, 3.8) is 0 Å². The van der Waals surface area contributed by atoms with Crippen molar-refractivity contribution in [1.29, 1.82) is 0 Å². The topological polar surface area (TPSA) is 43.8 Å². The fourth-order valence-electron chi connectivity index (χ4n) is 2.27. The van der Waals surface area contributed by atoms with Crippen LogP contribution in [-0.2, 0) is 7.05 Å². The van der Waals surface area contributed by atoms with Gasteiger partial charge in [-0.25, -0.2) is 4.39 Å². The van der Waals surface area contributed by atoms with Gasteiger partial charge in [-0.1, -0.05) is 23.7 Å². The minimum Gasteiger partial charge on any atom is -0.383 e. The van der Waals surface area contributed by atoms with Gasteiger partial charge in [-0.15, -0.1) is 11.3 Å². The van der Waals surface area contributed by atoms with E-state index in [-0.39, 0.29) is 5.02 Å². The molecule has 0 unspecified atom stereocenters. The predicted molar refractivity (Wildman–Crippen MR) is 86.1 cm³/mol. The maximum absolute atomic E-state index is 14.4. The number of halogens is 2. The minimum atomic E-state index is -0.477. The Kier molecular flexibility index (Phi) is 3.47. The molecule has 6 heteroatoms. The van der Waals surface area contributed by atoms with Crippen LogP contribution in [0.1, 0.15) is 5.56 Å². The number of nitrogen functional groups attached to an aromatic ring is 1. The summed E-state index contributed by atoms with van der Waals surface area (Å²) in [5, 5.41) is 6.51. The van der Waals surface area contributed by atoms with Crippen molar-refractivity contribution in [1.82, 2.24) is 9.78 Å². The highest BCUT2D eigenvalue weighted by atomic mass is 35.5. The van der Waals surface area contributed by atoms with E-state index in [9.17, 15) is 4.39 Å². The summed E-state index contributed by atoms with van der Waals surface area (Å²) in [7, 11) is 1.74. The Morgan fingerprint density at radius 2 is 2.10 bits per heavy atom. The van der Waals surface area contributed by atoms with E-state index in [1.54, 1.807) is 35.2 Å².